The smallest absolute Gasteiger partial charge is 0.336 e. The first-order valence-corrected chi connectivity index (χ1v) is 8.90. The summed E-state index contributed by atoms with van der Waals surface area (Å²) < 4.78 is 13.7. The Hall–Kier alpha value is -0.500. The molecular weight excluding hydrogens is 416 g/mol. The van der Waals surface area contributed by atoms with Crippen LogP contribution in [0.3, 0.4) is 0 Å². The predicted octanol–water partition coefficient (Wildman–Crippen LogP) is 4.28. The first-order chi connectivity index (χ1) is 8.97. The first-order valence-electron chi connectivity index (χ1n) is 5.11. The number of hydrogen-bond acceptors (Lipinski definition) is 3. The van der Waals surface area contributed by atoms with Gasteiger partial charge in [0.25, 0.3) is 0 Å². The first kappa shape index (κ1) is 14.9. The van der Waals surface area contributed by atoms with Crippen LogP contribution in [0.5, 0.6) is 0 Å². The molecule has 7 heteroatoms. The normalized spacial score (nSPS) is 12.3. The van der Waals surface area contributed by atoms with Gasteiger partial charge < -0.3 is 5.11 Å². The van der Waals surface area contributed by atoms with E-state index in [9.17, 15) is 9.00 Å². The third-order valence-electron chi connectivity index (χ3n) is 2.33. The highest BCUT2D eigenvalue weighted by Gasteiger charge is 2.13. The monoisotopic (exact) mass is 422 g/mol. The van der Waals surface area contributed by atoms with Gasteiger partial charge in [-0.2, -0.15) is 0 Å². The number of carbonyl (C=O) groups is 1. The van der Waals surface area contributed by atoms with Crippen molar-refractivity contribution in [2.45, 2.75) is 10.6 Å². The zero-order chi connectivity index (χ0) is 14.0. The lowest BCUT2D eigenvalue weighted by atomic mass is 10.2. The van der Waals surface area contributed by atoms with Crippen LogP contribution < -0.4 is 0 Å². The van der Waals surface area contributed by atoms with E-state index in [-0.39, 0.29) is 5.56 Å². The number of benzene rings is 1. The number of aromatic carboxylic acids is 1. The molecule has 100 valence electrons. The molecule has 0 fully saturated rings. The van der Waals surface area contributed by atoms with Gasteiger partial charge in [0.15, 0.2) is 0 Å². The third-order valence-corrected chi connectivity index (χ3v) is 6.25. The Morgan fingerprint density at radius 1 is 1.32 bits per heavy atom. The molecule has 0 aliphatic rings. The molecule has 1 atom stereocenters. The summed E-state index contributed by atoms with van der Waals surface area (Å²) in [6.45, 7) is 0. The maximum Gasteiger partial charge on any atom is 0.336 e. The third kappa shape index (κ3) is 3.75. The quantitative estimate of drug-likeness (QED) is 0.798. The summed E-state index contributed by atoms with van der Waals surface area (Å²) in [5, 5.41) is 11.0. The highest BCUT2D eigenvalue weighted by Crippen LogP contribution is 2.25. The highest BCUT2D eigenvalue weighted by molar-refractivity contribution is 9.10. The molecule has 1 aromatic heterocycles. The zero-order valence-electron chi connectivity index (χ0n) is 9.43. The van der Waals surface area contributed by atoms with Gasteiger partial charge in [-0.15, -0.1) is 11.3 Å². The van der Waals surface area contributed by atoms with Crippen molar-refractivity contribution < 1.29 is 14.1 Å². The van der Waals surface area contributed by atoms with E-state index < -0.39 is 16.8 Å². The Morgan fingerprint density at radius 2 is 2.05 bits per heavy atom. The van der Waals surface area contributed by atoms with Crippen molar-refractivity contribution in [1.82, 2.24) is 0 Å². The van der Waals surface area contributed by atoms with Crippen LogP contribution in [0.4, 0.5) is 0 Å². The summed E-state index contributed by atoms with van der Waals surface area (Å²) in [7, 11) is -1.25. The average Bonchev–Trinajstić information content (AvgIpc) is 2.74. The SMILES string of the molecule is O=C(O)c1cc(S(=O)Cc2cc(Br)cs2)ccc1Br. The second kappa shape index (κ2) is 6.30. The van der Waals surface area contributed by atoms with Gasteiger partial charge in [0, 0.05) is 24.1 Å². The number of thiophene rings is 1. The molecule has 0 aliphatic carbocycles. The van der Waals surface area contributed by atoms with Gasteiger partial charge in [-0.3, -0.25) is 4.21 Å². The van der Waals surface area contributed by atoms with E-state index >= 15 is 0 Å². The molecule has 1 aromatic carbocycles. The lowest BCUT2D eigenvalue weighted by Crippen LogP contribution is -2.01. The molecule has 0 radical (unpaired) electrons. The van der Waals surface area contributed by atoms with Gasteiger partial charge in [-0.1, -0.05) is 0 Å². The molecule has 1 N–H and O–H groups in total. The van der Waals surface area contributed by atoms with Crippen LogP contribution in [0.15, 0.2) is 43.5 Å². The van der Waals surface area contributed by atoms with E-state index in [4.69, 9.17) is 5.11 Å². The number of rotatable bonds is 4. The van der Waals surface area contributed by atoms with Crippen LogP contribution >= 0.6 is 43.2 Å². The van der Waals surface area contributed by atoms with Crippen LogP contribution in [0.25, 0.3) is 0 Å². The van der Waals surface area contributed by atoms with E-state index in [1.807, 2.05) is 11.4 Å². The van der Waals surface area contributed by atoms with Gasteiger partial charge in [0.2, 0.25) is 0 Å². The highest BCUT2D eigenvalue weighted by atomic mass is 79.9. The van der Waals surface area contributed by atoms with Crippen LogP contribution in [-0.2, 0) is 16.6 Å². The topological polar surface area (TPSA) is 54.4 Å². The van der Waals surface area contributed by atoms with Crippen LogP contribution in [0.1, 0.15) is 15.2 Å². The number of hydrogen-bond donors (Lipinski definition) is 1. The molecule has 2 aromatic rings. The molecule has 2 rings (SSSR count). The molecule has 0 spiro atoms. The van der Waals surface area contributed by atoms with Crippen LogP contribution in [0, 0.1) is 0 Å². The maximum atomic E-state index is 12.2. The van der Waals surface area contributed by atoms with Crippen molar-refractivity contribution in [3.63, 3.8) is 0 Å². The summed E-state index contributed by atoms with van der Waals surface area (Å²) in [5.41, 5.74) is 0.123. The Balaban J connectivity index is 2.24. The standard InChI is InChI=1S/C12H8Br2O3S2/c13-7-3-8(18-5-7)6-19(17)9-1-2-11(14)10(4-9)12(15)16/h1-5H,6H2,(H,15,16). The molecule has 0 bridgehead atoms. The minimum atomic E-state index is -1.25. The Labute approximate surface area is 133 Å². The minimum Gasteiger partial charge on any atom is -0.478 e. The van der Waals surface area contributed by atoms with Gasteiger partial charge in [-0.25, -0.2) is 4.79 Å². The Morgan fingerprint density at radius 3 is 2.63 bits per heavy atom. The molecule has 3 nitrogen and oxygen atoms in total. The number of carboxylic acid groups (broad SMARTS) is 1. The molecule has 0 saturated carbocycles. The molecular formula is C12H8Br2O3S2. The van der Waals surface area contributed by atoms with E-state index in [1.165, 1.54) is 17.4 Å². The minimum absolute atomic E-state index is 0.123. The lowest BCUT2D eigenvalue weighted by Gasteiger charge is -2.04. The van der Waals surface area contributed by atoms with Gasteiger partial charge in [0.05, 0.1) is 22.1 Å². The Kier molecular flexibility index (Phi) is 4.94. The predicted molar refractivity (Wildman–Crippen MR) is 83.2 cm³/mol. The van der Waals surface area contributed by atoms with Crippen molar-refractivity contribution in [1.29, 1.82) is 0 Å². The van der Waals surface area contributed by atoms with Crippen molar-refractivity contribution in [3.05, 3.63) is 49.0 Å². The molecule has 1 heterocycles. The summed E-state index contributed by atoms with van der Waals surface area (Å²) in [4.78, 5) is 12.5. The maximum absolute atomic E-state index is 12.2. The summed E-state index contributed by atoms with van der Waals surface area (Å²) >= 11 is 8.03. The van der Waals surface area contributed by atoms with Crippen molar-refractivity contribution >= 4 is 60.0 Å². The molecule has 0 saturated heterocycles. The van der Waals surface area contributed by atoms with Gasteiger partial charge in [-0.05, 0) is 56.1 Å². The second-order valence-electron chi connectivity index (χ2n) is 3.67. The zero-order valence-corrected chi connectivity index (χ0v) is 14.2. The van der Waals surface area contributed by atoms with Crippen molar-refractivity contribution in [2.75, 3.05) is 0 Å². The molecule has 0 aliphatic heterocycles. The average molecular weight is 424 g/mol. The van der Waals surface area contributed by atoms with E-state index in [0.29, 0.717) is 15.1 Å². The van der Waals surface area contributed by atoms with Crippen molar-refractivity contribution in [3.8, 4) is 0 Å². The van der Waals surface area contributed by atoms with E-state index in [2.05, 4.69) is 31.9 Å². The fourth-order valence-electron chi connectivity index (χ4n) is 1.45. The summed E-state index contributed by atoms with van der Waals surface area (Å²) in [6.07, 6.45) is 0. The van der Waals surface area contributed by atoms with Crippen molar-refractivity contribution in [2.24, 2.45) is 0 Å². The van der Waals surface area contributed by atoms with Gasteiger partial charge >= 0.3 is 5.97 Å². The molecule has 19 heavy (non-hydrogen) atoms. The summed E-state index contributed by atoms with van der Waals surface area (Å²) in [5.74, 6) is -0.652. The second-order valence-corrected chi connectivity index (χ2v) is 7.88. The van der Waals surface area contributed by atoms with Crippen LogP contribution in [0.2, 0.25) is 0 Å². The molecule has 0 amide bonds. The number of carboxylic acids is 1. The fourth-order valence-corrected chi connectivity index (χ4v) is 4.67. The van der Waals surface area contributed by atoms with Gasteiger partial charge in [0.1, 0.15) is 0 Å². The number of halogens is 2. The summed E-state index contributed by atoms with van der Waals surface area (Å²) in [6, 6.07) is 6.65. The van der Waals surface area contributed by atoms with E-state index in [1.54, 1.807) is 12.1 Å². The van der Waals surface area contributed by atoms with Crippen LogP contribution in [-0.4, -0.2) is 15.3 Å². The Bertz CT molecular complexity index is 652. The lowest BCUT2D eigenvalue weighted by molar-refractivity contribution is 0.0695. The van der Waals surface area contributed by atoms with E-state index in [0.717, 1.165) is 9.35 Å². The molecule has 1 unspecified atom stereocenters. The fraction of sp³-hybridized carbons (Fsp3) is 0.0833. The largest absolute Gasteiger partial charge is 0.478 e.